The van der Waals surface area contributed by atoms with Crippen molar-refractivity contribution in [3.63, 3.8) is 0 Å². The number of rotatable bonds is 1. The lowest BCUT2D eigenvalue weighted by Gasteiger charge is -1.84. The normalized spacial score (nSPS) is 19.9. The summed E-state index contributed by atoms with van der Waals surface area (Å²) in [5.41, 5.74) is 0. The third kappa shape index (κ3) is 6.58. The van der Waals surface area contributed by atoms with Crippen LogP contribution in [0.3, 0.4) is 0 Å². The van der Waals surface area contributed by atoms with Crippen molar-refractivity contribution in [3.8, 4) is 0 Å². The van der Waals surface area contributed by atoms with Crippen LogP contribution in [0.25, 0.3) is 0 Å². The summed E-state index contributed by atoms with van der Waals surface area (Å²) in [6.07, 6.45) is -2.64. The molecule has 0 radical (unpaired) electrons. The van der Waals surface area contributed by atoms with Crippen LogP contribution in [-0.4, -0.2) is 11.9 Å². The van der Waals surface area contributed by atoms with Gasteiger partial charge in [0.25, 0.3) is 0 Å². The molecule has 0 bridgehead atoms. The van der Waals surface area contributed by atoms with Crippen LogP contribution in [0.5, 0.6) is 0 Å². The summed E-state index contributed by atoms with van der Waals surface area (Å²) in [6, 6.07) is 0. The van der Waals surface area contributed by atoms with Gasteiger partial charge >= 0.3 is 0 Å². The van der Waals surface area contributed by atoms with Gasteiger partial charge in [0.15, 0.2) is 0 Å². The Morgan fingerprint density at radius 3 is 2.43 bits per heavy atom. The molecule has 0 saturated carbocycles. The first-order chi connectivity index (χ1) is 3.06. The smallest absolute Gasteiger partial charge is 0.232 e. The summed E-state index contributed by atoms with van der Waals surface area (Å²) < 4.78 is 10.3. The molecule has 0 heterocycles. The van der Waals surface area contributed by atoms with E-state index in [9.17, 15) is 4.57 Å². The van der Waals surface area contributed by atoms with Gasteiger partial charge in [-0.2, -0.15) is 0 Å². The van der Waals surface area contributed by atoms with Gasteiger partial charge in [0.05, 0.1) is 0 Å². The minimum atomic E-state index is -2.64. The first-order valence-electron chi connectivity index (χ1n) is 1.40. The average molecular weight is 159 g/mol. The summed E-state index contributed by atoms with van der Waals surface area (Å²) in [5, 5.41) is 7.76. The lowest BCUT2D eigenvalue weighted by atomic mass is 12.0. The lowest BCUT2D eigenvalue weighted by Crippen LogP contribution is -1.43. The van der Waals surface area contributed by atoms with Gasteiger partial charge in [0.2, 0.25) is 6.18 Å². The Balaban J connectivity index is 3.82. The summed E-state index contributed by atoms with van der Waals surface area (Å²) in [6.45, 7) is 1.33. The summed E-state index contributed by atoms with van der Waals surface area (Å²) in [7, 11) is 0.0579. The average Bonchev–Trinajstić information content (AvgIpc) is 1.30. The maximum atomic E-state index is 10.3. The molecule has 6 heteroatoms. The fourth-order valence-electron chi connectivity index (χ4n) is 0.0714. The molecular formula is CH4ClNO2P2. The number of halogens is 1. The quantitative estimate of drug-likeness (QED) is 0.472. The molecule has 0 aliphatic carbocycles. The second-order valence-electron chi connectivity index (χ2n) is 0.957. The second-order valence-corrected chi connectivity index (χ2v) is 8.34. The summed E-state index contributed by atoms with van der Waals surface area (Å²) >= 11 is 5.12. The zero-order valence-corrected chi connectivity index (χ0v) is 6.12. The van der Waals surface area contributed by atoms with Crippen molar-refractivity contribution < 1.29 is 9.77 Å². The van der Waals surface area contributed by atoms with E-state index in [1.165, 1.54) is 6.66 Å². The van der Waals surface area contributed by atoms with E-state index in [1.54, 1.807) is 0 Å². The SMILES string of the molecule is CP(=O)(Cl)/P=N/O. The first kappa shape index (κ1) is 7.58. The third-order valence-electron chi connectivity index (χ3n) is 0.200. The van der Waals surface area contributed by atoms with Crippen LogP contribution in [0.1, 0.15) is 0 Å². The van der Waals surface area contributed by atoms with Crippen molar-refractivity contribution in [2.75, 3.05) is 6.66 Å². The Labute approximate surface area is 47.6 Å². The minimum absolute atomic E-state index is 0.0579. The summed E-state index contributed by atoms with van der Waals surface area (Å²) in [5.74, 6) is 0. The van der Waals surface area contributed by atoms with E-state index in [-0.39, 0.29) is 8.06 Å². The molecule has 0 aliphatic heterocycles. The standard InChI is InChI=1S/CH4ClNO2P2/c1-7(2,5)6-3-4/h4H,1H3. The Morgan fingerprint density at radius 1 is 2.00 bits per heavy atom. The van der Waals surface area contributed by atoms with Crippen LogP contribution in [0.4, 0.5) is 0 Å². The van der Waals surface area contributed by atoms with E-state index in [2.05, 4.69) is 4.91 Å². The van der Waals surface area contributed by atoms with Crippen molar-refractivity contribution in [2.45, 2.75) is 0 Å². The Bertz CT molecular complexity index is 117. The Morgan fingerprint density at radius 2 is 2.43 bits per heavy atom. The maximum Gasteiger partial charge on any atom is 0.232 e. The first-order valence-corrected chi connectivity index (χ1v) is 6.01. The van der Waals surface area contributed by atoms with Gasteiger partial charge < -0.3 is 0 Å². The van der Waals surface area contributed by atoms with Crippen LogP contribution in [0, 0.1) is 0 Å². The molecule has 0 spiro atoms. The fraction of sp³-hybridized carbons (Fsp3) is 1.00. The molecule has 1 atom stereocenters. The number of hydrogen-bond donors (Lipinski definition) is 1. The zero-order valence-electron chi connectivity index (χ0n) is 3.58. The van der Waals surface area contributed by atoms with E-state index in [0.717, 1.165) is 0 Å². The van der Waals surface area contributed by atoms with Crippen LogP contribution in [0.2, 0.25) is 0 Å². The van der Waals surface area contributed by atoms with Crippen molar-refractivity contribution in [1.29, 1.82) is 0 Å². The van der Waals surface area contributed by atoms with Gasteiger partial charge in [0, 0.05) is 6.66 Å². The molecule has 3 nitrogen and oxygen atoms in total. The molecule has 0 aromatic heterocycles. The molecule has 7 heavy (non-hydrogen) atoms. The molecule has 0 rings (SSSR count). The van der Waals surface area contributed by atoms with Gasteiger partial charge in [0.1, 0.15) is 8.06 Å². The van der Waals surface area contributed by atoms with Crippen LogP contribution in [0.15, 0.2) is 4.91 Å². The number of hydrogen-bond acceptors (Lipinski definition) is 2. The highest BCUT2D eigenvalue weighted by Crippen LogP contribution is 2.60. The van der Waals surface area contributed by atoms with Crippen molar-refractivity contribution in [3.05, 3.63) is 0 Å². The molecule has 0 aliphatic rings. The highest BCUT2D eigenvalue weighted by Gasteiger charge is 2.04. The van der Waals surface area contributed by atoms with Crippen LogP contribution in [-0.2, 0) is 4.57 Å². The van der Waals surface area contributed by atoms with Gasteiger partial charge in [-0.05, 0) is 11.2 Å². The molecular weight excluding hydrogens is 155 g/mol. The molecule has 1 N–H and O–H groups in total. The van der Waals surface area contributed by atoms with E-state index < -0.39 is 6.18 Å². The summed E-state index contributed by atoms with van der Waals surface area (Å²) in [4.78, 5) is 2.58. The van der Waals surface area contributed by atoms with E-state index in [4.69, 9.17) is 16.4 Å². The van der Waals surface area contributed by atoms with E-state index >= 15 is 0 Å². The topological polar surface area (TPSA) is 49.7 Å². The largest absolute Gasteiger partial charge is 0.296 e. The van der Waals surface area contributed by atoms with Crippen molar-refractivity contribution >= 4 is 25.5 Å². The molecule has 0 aromatic carbocycles. The molecule has 42 valence electrons. The highest BCUT2D eigenvalue weighted by atomic mass is 35.7. The maximum absolute atomic E-state index is 10.3. The minimum Gasteiger partial charge on any atom is -0.296 e. The third-order valence-corrected chi connectivity index (χ3v) is 2.41. The van der Waals surface area contributed by atoms with Gasteiger partial charge in [-0.25, -0.2) is 0 Å². The predicted octanol–water partition coefficient (Wildman–Crippen LogP) is 2.57. The molecule has 0 amide bonds. The van der Waals surface area contributed by atoms with Gasteiger partial charge in [-0.3, -0.25) is 9.77 Å². The Kier molecular flexibility index (Phi) is 3.01. The van der Waals surface area contributed by atoms with E-state index in [1.807, 2.05) is 0 Å². The fourth-order valence-corrected chi connectivity index (χ4v) is 0.915. The highest BCUT2D eigenvalue weighted by molar-refractivity contribution is 8.33. The predicted molar refractivity (Wildman–Crippen MR) is 30.5 cm³/mol. The molecule has 0 saturated heterocycles. The number of nitrogens with zero attached hydrogens (tertiary/aromatic N) is 1. The van der Waals surface area contributed by atoms with Gasteiger partial charge in [-0.15, -0.1) is 4.91 Å². The lowest BCUT2D eigenvalue weighted by molar-refractivity contribution is 0.329. The zero-order chi connectivity index (χ0) is 5.91. The van der Waals surface area contributed by atoms with Crippen LogP contribution >= 0.6 is 25.5 Å². The monoisotopic (exact) mass is 159 g/mol. The molecule has 0 aromatic rings. The van der Waals surface area contributed by atoms with E-state index in [0.29, 0.717) is 0 Å². The van der Waals surface area contributed by atoms with Crippen molar-refractivity contribution in [1.82, 2.24) is 0 Å². The van der Waals surface area contributed by atoms with Gasteiger partial charge in [-0.1, -0.05) is 0 Å². The second kappa shape index (κ2) is 2.78. The van der Waals surface area contributed by atoms with Crippen molar-refractivity contribution in [2.24, 2.45) is 4.91 Å². The van der Waals surface area contributed by atoms with Crippen LogP contribution < -0.4 is 0 Å². The molecule has 0 fully saturated rings. The Hall–Kier alpha value is 0.580. The molecule has 1 unspecified atom stereocenters.